The molecule has 2 heterocycles. The van der Waals surface area contributed by atoms with E-state index >= 15 is 0 Å². The number of nitrogens with one attached hydrogen (secondary N) is 1. The van der Waals surface area contributed by atoms with E-state index in [1.54, 1.807) is 0 Å². The lowest BCUT2D eigenvalue weighted by atomic mass is 9.76. The molecule has 0 amide bonds. The van der Waals surface area contributed by atoms with E-state index in [1.165, 1.54) is 0 Å². The van der Waals surface area contributed by atoms with Crippen molar-refractivity contribution in [1.82, 2.24) is 9.97 Å². The molecule has 8 heteroatoms. The summed E-state index contributed by atoms with van der Waals surface area (Å²) in [6.07, 6.45) is 3.80. The molecule has 5 N–H and O–H groups in total. The summed E-state index contributed by atoms with van der Waals surface area (Å²) in [5.74, 6) is 2.19. The minimum absolute atomic E-state index is 0.0925. The van der Waals surface area contributed by atoms with Gasteiger partial charge in [0.1, 0.15) is 16.5 Å². The van der Waals surface area contributed by atoms with Crippen LogP contribution in [0, 0.1) is 0 Å². The molecule has 1 fully saturated rings. The van der Waals surface area contributed by atoms with Gasteiger partial charge in [0.05, 0.1) is 28.6 Å². The molecule has 2 aliphatic rings. The molecule has 0 aromatic carbocycles. The lowest BCUT2D eigenvalue weighted by Gasteiger charge is -2.42. The van der Waals surface area contributed by atoms with Crippen LogP contribution in [0.5, 0.6) is 0 Å². The van der Waals surface area contributed by atoms with Gasteiger partial charge >= 0.3 is 0 Å². The third kappa shape index (κ3) is 3.24. The molecule has 3 rings (SSSR count). The van der Waals surface area contributed by atoms with Crippen molar-refractivity contribution in [1.29, 1.82) is 0 Å². The molecule has 132 valence electrons. The summed E-state index contributed by atoms with van der Waals surface area (Å²) < 4.78 is 12.4. The Labute approximate surface area is 145 Å². The van der Waals surface area contributed by atoms with Crippen molar-refractivity contribution >= 4 is 22.6 Å². The van der Waals surface area contributed by atoms with Gasteiger partial charge in [0, 0.05) is 17.6 Å². The average Bonchev–Trinajstić information content (AvgIpc) is 2.82. The number of guanidine groups is 1. The fraction of sp³-hybridized carbons (Fsp3) is 0.688. The standard InChI is InChI=1S/C16H26N6OS/c1-15(2,3)13-20-10-5-8-24(23)11(10)12(21-13)22-16(6-4-7-16)9-19-14(17)18/h4-9H2,1-3H3,(H4,17,18,19)(H,20,21,22). The van der Waals surface area contributed by atoms with Crippen molar-refractivity contribution in [2.24, 2.45) is 16.5 Å². The van der Waals surface area contributed by atoms with Gasteiger partial charge in [0.15, 0.2) is 5.96 Å². The highest BCUT2D eigenvalue weighted by Gasteiger charge is 2.39. The van der Waals surface area contributed by atoms with Crippen LogP contribution in [-0.2, 0) is 22.6 Å². The molecule has 0 radical (unpaired) electrons. The molecule has 1 aliphatic heterocycles. The van der Waals surface area contributed by atoms with Gasteiger partial charge in [0.25, 0.3) is 0 Å². The second-order valence-electron chi connectivity index (χ2n) is 7.72. The lowest BCUT2D eigenvalue weighted by Crippen LogP contribution is -2.49. The van der Waals surface area contributed by atoms with E-state index < -0.39 is 10.8 Å². The van der Waals surface area contributed by atoms with Crippen molar-refractivity contribution in [3.05, 3.63) is 11.5 Å². The van der Waals surface area contributed by atoms with Crippen molar-refractivity contribution < 1.29 is 4.21 Å². The van der Waals surface area contributed by atoms with Gasteiger partial charge in [-0.3, -0.25) is 9.20 Å². The van der Waals surface area contributed by atoms with E-state index in [1.807, 2.05) is 0 Å². The van der Waals surface area contributed by atoms with E-state index in [4.69, 9.17) is 16.5 Å². The summed E-state index contributed by atoms with van der Waals surface area (Å²) in [6, 6.07) is 0. The highest BCUT2D eigenvalue weighted by molar-refractivity contribution is 7.85. The SMILES string of the molecule is CC(C)(C)c1nc2c(c(NC3(CN=C(N)N)CCC3)n1)S(=O)CC2. The highest BCUT2D eigenvalue weighted by atomic mass is 32.2. The Balaban J connectivity index is 1.99. The molecule has 1 aromatic rings. The maximum absolute atomic E-state index is 12.4. The number of aromatic nitrogens is 2. The Morgan fingerprint density at radius 1 is 1.33 bits per heavy atom. The van der Waals surface area contributed by atoms with Crippen molar-refractivity contribution in [2.75, 3.05) is 17.6 Å². The molecule has 1 aromatic heterocycles. The third-order valence-corrected chi connectivity index (χ3v) is 6.08. The Morgan fingerprint density at radius 3 is 2.58 bits per heavy atom. The van der Waals surface area contributed by atoms with Crippen LogP contribution in [0.2, 0.25) is 0 Å². The molecule has 1 saturated carbocycles. The van der Waals surface area contributed by atoms with Crippen molar-refractivity contribution in [3.63, 3.8) is 0 Å². The second-order valence-corrected chi connectivity index (χ2v) is 9.23. The average molecular weight is 350 g/mol. The van der Waals surface area contributed by atoms with Gasteiger partial charge < -0.3 is 16.8 Å². The van der Waals surface area contributed by atoms with Crippen LogP contribution in [0.1, 0.15) is 51.6 Å². The minimum Gasteiger partial charge on any atom is -0.370 e. The first kappa shape index (κ1) is 17.1. The Hall–Kier alpha value is -1.70. The molecular formula is C16H26N6OS. The molecule has 0 bridgehead atoms. The third-order valence-electron chi connectivity index (χ3n) is 4.62. The van der Waals surface area contributed by atoms with Crippen LogP contribution in [0.3, 0.4) is 0 Å². The van der Waals surface area contributed by atoms with Crippen LogP contribution < -0.4 is 16.8 Å². The van der Waals surface area contributed by atoms with Crippen LogP contribution in [-0.4, -0.2) is 38.0 Å². The molecule has 24 heavy (non-hydrogen) atoms. The molecule has 1 unspecified atom stereocenters. The first-order valence-corrected chi connectivity index (χ1v) is 9.65. The Kier molecular flexibility index (Phi) is 4.27. The molecule has 7 nitrogen and oxygen atoms in total. The van der Waals surface area contributed by atoms with Crippen molar-refractivity contribution in [3.8, 4) is 0 Å². The number of fused-ring (bicyclic) bond motifs is 1. The predicted octanol–water partition coefficient (Wildman–Crippen LogP) is 1.05. The van der Waals surface area contributed by atoms with Gasteiger partial charge in [0.2, 0.25) is 0 Å². The Bertz CT molecular complexity index is 701. The number of aryl methyl sites for hydroxylation is 1. The fourth-order valence-corrected chi connectivity index (χ4v) is 4.34. The molecule has 0 saturated heterocycles. The molecule has 0 spiro atoms. The summed E-state index contributed by atoms with van der Waals surface area (Å²) in [5, 5.41) is 3.53. The number of nitrogens with zero attached hydrogens (tertiary/aromatic N) is 3. The summed E-state index contributed by atoms with van der Waals surface area (Å²) in [4.78, 5) is 14.4. The van der Waals surface area contributed by atoms with Crippen LogP contribution in [0.4, 0.5) is 5.82 Å². The van der Waals surface area contributed by atoms with E-state index in [-0.39, 0.29) is 16.9 Å². The number of aliphatic imine (C=N–C) groups is 1. The van der Waals surface area contributed by atoms with E-state index in [0.717, 1.165) is 42.1 Å². The maximum Gasteiger partial charge on any atom is 0.185 e. The smallest absolute Gasteiger partial charge is 0.185 e. The fourth-order valence-electron chi connectivity index (χ4n) is 3.04. The molecular weight excluding hydrogens is 324 g/mol. The van der Waals surface area contributed by atoms with Crippen LogP contribution >= 0.6 is 0 Å². The van der Waals surface area contributed by atoms with Crippen LogP contribution in [0.15, 0.2) is 9.89 Å². The maximum atomic E-state index is 12.4. The van der Waals surface area contributed by atoms with Gasteiger partial charge in [-0.2, -0.15) is 0 Å². The van der Waals surface area contributed by atoms with E-state index in [9.17, 15) is 4.21 Å². The molecule has 1 atom stereocenters. The second kappa shape index (κ2) is 5.98. The number of hydrogen-bond donors (Lipinski definition) is 3. The largest absolute Gasteiger partial charge is 0.370 e. The zero-order chi connectivity index (χ0) is 17.5. The number of anilines is 1. The topological polar surface area (TPSA) is 119 Å². The summed E-state index contributed by atoms with van der Waals surface area (Å²) in [7, 11) is -1.04. The van der Waals surface area contributed by atoms with E-state index in [0.29, 0.717) is 18.1 Å². The number of rotatable bonds is 4. The number of nitrogens with two attached hydrogens (primary N) is 2. The minimum atomic E-state index is -1.04. The van der Waals surface area contributed by atoms with Crippen LogP contribution in [0.25, 0.3) is 0 Å². The zero-order valence-corrected chi connectivity index (χ0v) is 15.4. The van der Waals surface area contributed by atoms with E-state index in [2.05, 4.69) is 36.1 Å². The molecule has 1 aliphatic carbocycles. The lowest BCUT2D eigenvalue weighted by molar-refractivity contribution is 0.286. The van der Waals surface area contributed by atoms with Gasteiger partial charge in [-0.05, 0) is 19.3 Å². The Morgan fingerprint density at radius 2 is 2.04 bits per heavy atom. The van der Waals surface area contributed by atoms with Gasteiger partial charge in [-0.25, -0.2) is 9.97 Å². The number of hydrogen-bond acceptors (Lipinski definition) is 5. The predicted molar refractivity (Wildman–Crippen MR) is 96.6 cm³/mol. The quantitative estimate of drug-likeness (QED) is 0.551. The summed E-state index contributed by atoms with van der Waals surface area (Å²) in [5.41, 5.74) is 11.5. The van der Waals surface area contributed by atoms with Crippen molar-refractivity contribution in [2.45, 2.75) is 62.3 Å². The highest BCUT2D eigenvalue weighted by Crippen LogP contribution is 2.39. The first-order valence-electron chi connectivity index (χ1n) is 8.34. The monoisotopic (exact) mass is 350 g/mol. The normalized spacial score (nSPS) is 21.7. The van der Waals surface area contributed by atoms with Gasteiger partial charge in [-0.15, -0.1) is 0 Å². The summed E-state index contributed by atoms with van der Waals surface area (Å²) in [6.45, 7) is 6.76. The first-order chi connectivity index (χ1) is 11.2. The summed E-state index contributed by atoms with van der Waals surface area (Å²) >= 11 is 0. The zero-order valence-electron chi connectivity index (χ0n) is 14.6. The van der Waals surface area contributed by atoms with Gasteiger partial charge in [-0.1, -0.05) is 20.8 Å².